The molecule has 0 spiro atoms. The molecule has 1 aliphatic carbocycles. The maximum absolute atomic E-state index is 12.3. The van der Waals surface area contributed by atoms with Gasteiger partial charge < -0.3 is 0 Å². The van der Waals surface area contributed by atoms with Crippen molar-refractivity contribution >= 4 is 17.1 Å². The van der Waals surface area contributed by atoms with Gasteiger partial charge in [0.2, 0.25) is 0 Å². The maximum Gasteiger partial charge on any atom is 0.145 e. The van der Waals surface area contributed by atoms with E-state index in [0.29, 0.717) is 12.2 Å². The lowest BCUT2D eigenvalue weighted by atomic mass is 9.95. The minimum Gasteiger partial charge on any atom is -0.299 e. The van der Waals surface area contributed by atoms with Crippen molar-refractivity contribution < 1.29 is 4.79 Å². The molecule has 0 saturated heterocycles. The molecule has 3 heteroatoms. The molecule has 0 aliphatic heterocycles. The monoisotopic (exact) mass is 243 g/mol. The topological polar surface area (TPSA) is 30.0 Å². The summed E-state index contributed by atoms with van der Waals surface area (Å²) in [4.78, 5) is 17.3. The Morgan fingerprint density at radius 1 is 1.41 bits per heavy atom. The highest BCUT2D eigenvalue weighted by Crippen LogP contribution is 2.34. The van der Waals surface area contributed by atoms with E-state index in [1.165, 1.54) is 11.1 Å². The van der Waals surface area contributed by atoms with Gasteiger partial charge in [0.05, 0.1) is 5.51 Å². The molecular formula is C14H13NOS. The first-order valence-electron chi connectivity index (χ1n) is 5.82. The molecule has 1 aliphatic rings. The molecule has 2 aromatic rings. The van der Waals surface area contributed by atoms with Crippen LogP contribution in [-0.2, 0) is 17.6 Å². The van der Waals surface area contributed by atoms with Gasteiger partial charge in [0.25, 0.3) is 0 Å². The molecule has 0 radical (unpaired) electrons. The van der Waals surface area contributed by atoms with Crippen molar-refractivity contribution in [3.63, 3.8) is 0 Å². The van der Waals surface area contributed by atoms with E-state index in [0.717, 1.165) is 17.7 Å². The zero-order chi connectivity index (χ0) is 11.7. The van der Waals surface area contributed by atoms with Crippen LogP contribution in [0.4, 0.5) is 0 Å². The Morgan fingerprint density at radius 2 is 2.29 bits per heavy atom. The van der Waals surface area contributed by atoms with Crippen LogP contribution in [0.3, 0.4) is 0 Å². The number of fused-ring (bicyclic) bond motifs is 1. The molecule has 0 amide bonds. The van der Waals surface area contributed by atoms with Crippen LogP contribution in [0.5, 0.6) is 0 Å². The van der Waals surface area contributed by atoms with Crippen molar-refractivity contribution in [1.82, 2.24) is 4.98 Å². The number of carbonyl (C=O) groups excluding carboxylic acids is 1. The molecule has 1 atom stereocenters. The fourth-order valence-electron chi connectivity index (χ4n) is 2.52. The third-order valence-electron chi connectivity index (χ3n) is 3.35. The summed E-state index contributed by atoms with van der Waals surface area (Å²) in [5, 5.41) is 0. The second-order valence-corrected chi connectivity index (χ2v) is 5.37. The second kappa shape index (κ2) is 4.41. The highest BCUT2D eigenvalue weighted by Gasteiger charge is 2.27. The number of ketones is 1. The average molecular weight is 243 g/mol. The van der Waals surface area contributed by atoms with Crippen molar-refractivity contribution in [1.29, 1.82) is 0 Å². The fourth-order valence-corrected chi connectivity index (χ4v) is 3.12. The Labute approximate surface area is 104 Å². The summed E-state index contributed by atoms with van der Waals surface area (Å²) in [7, 11) is 0. The summed E-state index contributed by atoms with van der Waals surface area (Å²) in [5.74, 6) is 0.437. The lowest BCUT2D eigenvalue weighted by molar-refractivity contribution is -0.119. The van der Waals surface area contributed by atoms with Crippen LogP contribution < -0.4 is 0 Å². The van der Waals surface area contributed by atoms with E-state index in [9.17, 15) is 4.79 Å². The second-order valence-electron chi connectivity index (χ2n) is 4.40. The number of Topliss-reactive ketones (excluding diaryl/α,β-unsaturated/α-hetero) is 1. The lowest BCUT2D eigenvalue weighted by Gasteiger charge is -2.09. The number of hydrogen-bond acceptors (Lipinski definition) is 3. The standard InChI is InChI=1S/C14H13NOS/c16-14(7-11-8-15-9-17-11)13-6-5-10-3-1-2-4-12(10)13/h1-4,8-9,13H,5-7H2. The zero-order valence-electron chi connectivity index (χ0n) is 9.43. The normalized spacial score (nSPS) is 18.0. The molecule has 0 fully saturated rings. The van der Waals surface area contributed by atoms with Crippen molar-refractivity contribution in [2.45, 2.75) is 25.2 Å². The van der Waals surface area contributed by atoms with E-state index in [4.69, 9.17) is 0 Å². The number of thiazole rings is 1. The largest absolute Gasteiger partial charge is 0.299 e. The molecule has 0 saturated carbocycles. The van der Waals surface area contributed by atoms with Crippen LogP contribution in [0, 0.1) is 0 Å². The van der Waals surface area contributed by atoms with Crippen LogP contribution >= 0.6 is 11.3 Å². The summed E-state index contributed by atoms with van der Waals surface area (Å²) < 4.78 is 0. The van der Waals surface area contributed by atoms with E-state index in [-0.39, 0.29) is 5.92 Å². The molecule has 1 unspecified atom stereocenters. The average Bonchev–Trinajstić information content (AvgIpc) is 2.96. The molecule has 3 rings (SSSR count). The van der Waals surface area contributed by atoms with E-state index < -0.39 is 0 Å². The van der Waals surface area contributed by atoms with Gasteiger partial charge in [-0.1, -0.05) is 24.3 Å². The van der Waals surface area contributed by atoms with Crippen LogP contribution in [0.2, 0.25) is 0 Å². The fraction of sp³-hybridized carbons (Fsp3) is 0.286. The van der Waals surface area contributed by atoms with Crippen LogP contribution in [-0.4, -0.2) is 10.8 Å². The molecule has 1 aromatic carbocycles. The molecule has 86 valence electrons. The third kappa shape index (κ3) is 2.03. The Morgan fingerprint density at radius 3 is 3.12 bits per heavy atom. The summed E-state index contributed by atoms with van der Waals surface area (Å²) >= 11 is 1.56. The van der Waals surface area contributed by atoms with E-state index in [2.05, 4.69) is 23.2 Å². The highest BCUT2D eigenvalue weighted by atomic mass is 32.1. The molecule has 1 aromatic heterocycles. The summed E-state index contributed by atoms with van der Waals surface area (Å²) in [6.45, 7) is 0. The Balaban J connectivity index is 1.80. The minimum absolute atomic E-state index is 0.105. The van der Waals surface area contributed by atoms with Crippen molar-refractivity contribution in [3.05, 3.63) is 52.0 Å². The van der Waals surface area contributed by atoms with Crippen LogP contribution in [0.25, 0.3) is 0 Å². The first-order valence-corrected chi connectivity index (χ1v) is 6.70. The van der Waals surface area contributed by atoms with Crippen LogP contribution in [0.15, 0.2) is 36.0 Å². The Hall–Kier alpha value is -1.48. The SMILES string of the molecule is O=C(Cc1cncs1)C1CCc2ccccc21. The zero-order valence-corrected chi connectivity index (χ0v) is 10.2. The first-order chi connectivity index (χ1) is 8.34. The highest BCUT2D eigenvalue weighted by molar-refractivity contribution is 7.09. The van der Waals surface area contributed by atoms with E-state index in [1.54, 1.807) is 23.0 Å². The number of carbonyl (C=O) groups is 1. The summed E-state index contributed by atoms with van der Waals surface area (Å²) in [6.07, 6.45) is 4.33. The number of aryl methyl sites for hydroxylation is 1. The van der Waals surface area contributed by atoms with Crippen molar-refractivity contribution in [3.8, 4) is 0 Å². The minimum atomic E-state index is 0.105. The van der Waals surface area contributed by atoms with Gasteiger partial charge in [-0.2, -0.15) is 0 Å². The molecule has 17 heavy (non-hydrogen) atoms. The van der Waals surface area contributed by atoms with E-state index in [1.807, 2.05) is 6.07 Å². The quantitative estimate of drug-likeness (QED) is 0.829. The first kappa shape index (κ1) is 10.7. The summed E-state index contributed by atoms with van der Waals surface area (Å²) in [5.41, 5.74) is 4.36. The van der Waals surface area contributed by atoms with Gasteiger partial charge in [0.1, 0.15) is 5.78 Å². The molecular weight excluding hydrogens is 230 g/mol. The number of aromatic nitrogens is 1. The van der Waals surface area contributed by atoms with Gasteiger partial charge >= 0.3 is 0 Å². The lowest BCUT2D eigenvalue weighted by Crippen LogP contribution is -2.11. The summed E-state index contributed by atoms with van der Waals surface area (Å²) in [6, 6.07) is 8.30. The predicted molar refractivity (Wildman–Crippen MR) is 68.3 cm³/mol. The molecule has 0 bridgehead atoms. The van der Waals surface area contributed by atoms with Gasteiger partial charge in [0.15, 0.2) is 0 Å². The van der Waals surface area contributed by atoms with Crippen LogP contribution in [0.1, 0.15) is 28.3 Å². The van der Waals surface area contributed by atoms with E-state index >= 15 is 0 Å². The molecule has 2 nitrogen and oxygen atoms in total. The van der Waals surface area contributed by atoms with Gasteiger partial charge in [0, 0.05) is 23.4 Å². The Bertz CT molecular complexity index is 533. The number of rotatable bonds is 3. The van der Waals surface area contributed by atoms with Gasteiger partial charge in [-0.3, -0.25) is 9.78 Å². The number of nitrogens with zero attached hydrogens (tertiary/aromatic N) is 1. The van der Waals surface area contributed by atoms with Gasteiger partial charge in [-0.05, 0) is 24.0 Å². The van der Waals surface area contributed by atoms with Gasteiger partial charge in [-0.25, -0.2) is 0 Å². The smallest absolute Gasteiger partial charge is 0.145 e. The van der Waals surface area contributed by atoms with Crippen molar-refractivity contribution in [2.24, 2.45) is 0 Å². The maximum atomic E-state index is 12.3. The third-order valence-corrected chi connectivity index (χ3v) is 4.13. The van der Waals surface area contributed by atoms with Gasteiger partial charge in [-0.15, -0.1) is 11.3 Å². The predicted octanol–water partition coefficient (Wildman–Crippen LogP) is 2.98. The molecule has 1 heterocycles. The Kier molecular flexibility index (Phi) is 2.77. The van der Waals surface area contributed by atoms with Crippen molar-refractivity contribution in [2.75, 3.05) is 0 Å². The molecule has 0 N–H and O–H groups in total. The number of benzene rings is 1. The number of hydrogen-bond donors (Lipinski definition) is 0.